The summed E-state index contributed by atoms with van der Waals surface area (Å²) in [5.74, 6) is 0.775. The molecule has 1 aliphatic rings. The molecule has 6 nitrogen and oxygen atoms in total. The highest BCUT2D eigenvalue weighted by Gasteiger charge is 2.27. The maximum absolute atomic E-state index is 12.8. The molecule has 0 bridgehead atoms. The Labute approximate surface area is 164 Å². The third kappa shape index (κ3) is 5.03. The Bertz CT molecular complexity index is 794. The number of piperidine rings is 1. The zero-order valence-corrected chi connectivity index (χ0v) is 16.9. The smallest absolute Gasteiger partial charge is 0.342 e. The molecule has 1 unspecified atom stereocenters. The van der Waals surface area contributed by atoms with Gasteiger partial charge in [0.05, 0.1) is 5.25 Å². The molecule has 1 fully saturated rings. The molecular formula is C20H28N4O2S. The predicted molar refractivity (Wildman–Crippen MR) is 108 cm³/mol. The van der Waals surface area contributed by atoms with E-state index in [9.17, 15) is 9.59 Å². The molecule has 1 amide bonds. The van der Waals surface area contributed by atoms with E-state index < -0.39 is 0 Å². The summed E-state index contributed by atoms with van der Waals surface area (Å²) < 4.78 is 1.61. The number of likely N-dealkylation sites (tertiary alicyclic amines) is 1. The van der Waals surface area contributed by atoms with Crippen LogP contribution < -0.4 is 5.69 Å². The highest BCUT2D eigenvalue weighted by Crippen LogP contribution is 2.26. The second-order valence-corrected chi connectivity index (χ2v) is 8.49. The summed E-state index contributed by atoms with van der Waals surface area (Å²) in [6.07, 6.45) is 4.02. The molecule has 0 spiro atoms. The van der Waals surface area contributed by atoms with Gasteiger partial charge in [0.15, 0.2) is 5.16 Å². The lowest BCUT2D eigenvalue weighted by atomic mass is 9.90. The maximum atomic E-state index is 12.8. The van der Waals surface area contributed by atoms with Gasteiger partial charge in [0.2, 0.25) is 5.91 Å². The Morgan fingerprint density at radius 3 is 2.67 bits per heavy atom. The number of rotatable bonds is 7. The van der Waals surface area contributed by atoms with Crippen LogP contribution in [0.4, 0.5) is 0 Å². The summed E-state index contributed by atoms with van der Waals surface area (Å²) in [7, 11) is 0. The van der Waals surface area contributed by atoms with Gasteiger partial charge in [-0.05, 0) is 44.1 Å². The Kier molecular flexibility index (Phi) is 6.77. The standard InChI is InChI=1S/C20H28N4O2S/c1-3-11-24-19(26)21-22-20(24)27-15(2)18(25)23-12-9-17(10-13-23)14-16-7-5-4-6-8-16/h4-8,15,17H,3,9-14H2,1-2H3,(H,21,26). The zero-order chi connectivity index (χ0) is 19.2. The second kappa shape index (κ2) is 9.26. The first-order valence-electron chi connectivity index (χ1n) is 9.73. The first-order valence-corrected chi connectivity index (χ1v) is 10.6. The van der Waals surface area contributed by atoms with Gasteiger partial charge < -0.3 is 4.90 Å². The van der Waals surface area contributed by atoms with Crippen molar-refractivity contribution in [3.05, 3.63) is 46.4 Å². The SMILES string of the molecule is CCCn1c(SC(C)C(=O)N2CCC(Cc3ccccc3)CC2)n[nH]c1=O. The Hall–Kier alpha value is -2.02. The van der Waals surface area contributed by atoms with Crippen LogP contribution in [0.25, 0.3) is 0 Å². The molecule has 1 atom stereocenters. The zero-order valence-electron chi connectivity index (χ0n) is 16.1. The van der Waals surface area contributed by atoms with Gasteiger partial charge in [-0.25, -0.2) is 9.89 Å². The number of benzene rings is 1. The molecule has 146 valence electrons. The number of aromatic nitrogens is 3. The minimum atomic E-state index is -0.249. The quantitative estimate of drug-likeness (QED) is 0.741. The molecule has 1 N–H and O–H groups in total. The second-order valence-electron chi connectivity index (χ2n) is 7.18. The van der Waals surface area contributed by atoms with Crippen molar-refractivity contribution in [1.82, 2.24) is 19.7 Å². The molecule has 1 aromatic carbocycles. The van der Waals surface area contributed by atoms with Crippen molar-refractivity contribution in [3.63, 3.8) is 0 Å². The monoisotopic (exact) mass is 388 g/mol. The third-order valence-corrected chi connectivity index (χ3v) is 6.17. The van der Waals surface area contributed by atoms with Crippen molar-refractivity contribution in [2.75, 3.05) is 13.1 Å². The molecule has 27 heavy (non-hydrogen) atoms. The number of hydrogen-bond donors (Lipinski definition) is 1. The van der Waals surface area contributed by atoms with E-state index in [4.69, 9.17) is 0 Å². The van der Waals surface area contributed by atoms with Gasteiger partial charge in [-0.15, -0.1) is 5.10 Å². The number of carbonyl (C=O) groups is 1. The van der Waals surface area contributed by atoms with Gasteiger partial charge in [-0.2, -0.15) is 0 Å². The fraction of sp³-hybridized carbons (Fsp3) is 0.550. The first-order chi connectivity index (χ1) is 13.1. The fourth-order valence-electron chi connectivity index (χ4n) is 3.58. The van der Waals surface area contributed by atoms with Crippen molar-refractivity contribution < 1.29 is 4.79 Å². The predicted octanol–water partition coefficient (Wildman–Crippen LogP) is 2.94. The lowest BCUT2D eigenvalue weighted by Crippen LogP contribution is -2.42. The molecule has 2 heterocycles. The average molecular weight is 389 g/mol. The third-order valence-electron chi connectivity index (χ3n) is 5.09. The molecule has 0 aliphatic carbocycles. The number of H-pyrrole nitrogens is 1. The number of carbonyl (C=O) groups excluding carboxylic acids is 1. The van der Waals surface area contributed by atoms with Gasteiger partial charge in [-0.3, -0.25) is 9.36 Å². The van der Waals surface area contributed by atoms with Crippen LogP contribution in [-0.4, -0.2) is 43.9 Å². The van der Waals surface area contributed by atoms with Gasteiger partial charge in [0.1, 0.15) is 0 Å². The van der Waals surface area contributed by atoms with Crippen LogP contribution in [-0.2, 0) is 17.8 Å². The van der Waals surface area contributed by atoms with E-state index >= 15 is 0 Å². The summed E-state index contributed by atoms with van der Waals surface area (Å²) in [5, 5.41) is 6.92. The number of thioether (sulfide) groups is 1. The Morgan fingerprint density at radius 2 is 2.00 bits per heavy atom. The summed E-state index contributed by atoms with van der Waals surface area (Å²) in [6, 6.07) is 10.6. The number of aromatic amines is 1. The van der Waals surface area contributed by atoms with Gasteiger partial charge >= 0.3 is 5.69 Å². The van der Waals surface area contributed by atoms with Crippen LogP contribution in [0, 0.1) is 5.92 Å². The van der Waals surface area contributed by atoms with Crippen LogP contribution in [0.3, 0.4) is 0 Å². The van der Waals surface area contributed by atoms with Gasteiger partial charge in [0, 0.05) is 19.6 Å². The lowest BCUT2D eigenvalue weighted by Gasteiger charge is -2.33. The highest BCUT2D eigenvalue weighted by molar-refractivity contribution is 8.00. The molecule has 2 aromatic rings. The maximum Gasteiger partial charge on any atom is 0.343 e. The Morgan fingerprint density at radius 1 is 1.30 bits per heavy atom. The van der Waals surface area contributed by atoms with E-state index in [1.807, 2.05) is 24.8 Å². The van der Waals surface area contributed by atoms with Crippen molar-refractivity contribution >= 4 is 17.7 Å². The largest absolute Gasteiger partial charge is 0.343 e. The average Bonchev–Trinajstić information content (AvgIpc) is 3.03. The molecule has 0 saturated carbocycles. The van der Waals surface area contributed by atoms with Crippen LogP contribution >= 0.6 is 11.8 Å². The van der Waals surface area contributed by atoms with Crippen LogP contribution in [0.5, 0.6) is 0 Å². The molecular weight excluding hydrogens is 360 g/mol. The lowest BCUT2D eigenvalue weighted by molar-refractivity contribution is -0.131. The van der Waals surface area contributed by atoms with Crippen molar-refractivity contribution in [2.45, 2.75) is 56.5 Å². The first kappa shape index (κ1) is 19.7. The highest BCUT2D eigenvalue weighted by atomic mass is 32.2. The summed E-state index contributed by atoms with van der Waals surface area (Å²) >= 11 is 1.37. The number of amides is 1. The van der Waals surface area contributed by atoms with Gasteiger partial charge in [0.25, 0.3) is 0 Å². The van der Waals surface area contributed by atoms with E-state index in [-0.39, 0.29) is 16.8 Å². The Balaban J connectivity index is 1.52. The molecule has 1 aliphatic heterocycles. The minimum absolute atomic E-state index is 0.136. The van der Waals surface area contributed by atoms with Crippen molar-refractivity contribution in [1.29, 1.82) is 0 Å². The molecule has 1 saturated heterocycles. The minimum Gasteiger partial charge on any atom is -0.342 e. The van der Waals surface area contributed by atoms with E-state index in [0.29, 0.717) is 17.6 Å². The topological polar surface area (TPSA) is 71.0 Å². The fourth-order valence-corrected chi connectivity index (χ4v) is 4.55. The van der Waals surface area contributed by atoms with Gasteiger partial charge in [-0.1, -0.05) is 49.0 Å². The summed E-state index contributed by atoms with van der Waals surface area (Å²) in [4.78, 5) is 26.6. The van der Waals surface area contributed by atoms with Crippen molar-refractivity contribution in [2.24, 2.45) is 5.92 Å². The normalized spacial score (nSPS) is 16.4. The van der Waals surface area contributed by atoms with Crippen LogP contribution in [0.1, 0.15) is 38.7 Å². The number of hydrogen-bond acceptors (Lipinski definition) is 4. The molecule has 7 heteroatoms. The van der Waals surface area contributed by atoms with Crippen LogP contribution in [0.2, 0.25) is 0 Å². The van der Waals surface area contributed by atoms with Crippen LogP contribution in [0.15, 0.2) is 40.3 Å². The number of nitrogens with one attached hydrogen (secondary N) is 1. The molecule has 3 rings (SSSR count). The van der Waals surface area contributed by atoms with E-state index in [0.717, 1.165) is 38.8 Å². The van der Waals surface area contributed by atoms with Crippen molar-refractivity contribution in [3.8, 4) is 0 Å². The van der Waals surface area contributed by atoms with E-state index in [2.05, 4.69) is 34.5 Å². The number of nitrogens with zero attached hydrogens (tertiary/aromatic N) is 3. The summed E-state index contributed by atoms with van der Waals surface area (Å²) in [5.41, 5.74) is 1.17. The summed E-state index contributed by atoms with van der Waals surface area (Å²) in [6.45, 7) is 6.15. The molecule has 0 radical (unpaired) electrons. The van der Waals surface area contributed by atoms with E-state index in [1.165, 1.54) is 17.3 Å². The van der Waals surface area contributed by atoms with E-state index in [1.54, 1.807) is 4.57 Å². The molecule has 1 aromatic heterocycles.